The molecule has 0 heterocycles. The number of carbonyl (C=O) groups is 2. The van der Waals surface area contributed by atoms with E-state index >= 15 is 0 Å². The summed E-state index contributed by atoms with van der Waals surface area (Å²) in [6.07, 6.45) is 4.49. The lowest BCUT2D eigenvalue weighted by atomic mass is 10.1. The van der Waals surface area contributed by atoms with Crippen LogP contribution in [0.1, 0.15) is 86.9 Å². The summed E-state index contributed by atoms with van der Waals surface area (Å²) in [4.78, 5) is 25.3. The van der Waals surface area contributed by atoms with Gasteiger partial charge in [0.1, 0.15) is 12.2 Å². The summed E-state index contributed by atoms with van der Waals surface area (Å²) >= 11 is 9.45. The van der Waals surface area contributed by atoms with E-state index in [0.29, 0.717) is 9.50 Å². The van der Waals surface area contributed by atoms with Gasteiger partial charge < -0.3 is 9.47 Å². The van der Waals surface area contributed by atoms with E-state index in [9.17, 15) is 9.59 Å². The van der Waals surface area contributed by atoms with Crippen molar-refractivity contribution < 1.29 is 19.1 Å². The molecule has 146 valence electrons. The fourth-order valence-corrected chi connectivity index (χ4v) is 3.16. The van der Waals surface area contributed by atoms with Gasteiger partial charge in [-0.2, -0.15) is 0 Å². The summed E-state index contributed by atoms with van der Waals surface area (Å²) in [6, 6.07) is 2.99. The number of halogens is 2. The molecule has 26 heavy (non-hydrogen) atoms. The van der Waals surface area contributed by atoms with E-state index in [1.54, 1.807) is 0 Å². The summed E-state index contributed by atoms with van der Waals surface area (Å²) in [5, 5.41) is 0.345. The molecule has 0 spiro atoms. The molecule has 2 atom stereocenters. The summed E-state index contributed by atoms with van der Waals surface area (Å²) < 4.78 is 11.7. The van der Waals surface area contributed by atoms with Crippen molar-refractivity contribution in [2.45, 2.75) is 78.4 Å². The molecule has 2 unspecified atom stereocenters. The van der Waals surface area contributed by atoms with Crippen molar-refractivity contribution in [2.24, 2.45) is 0 Å². The lowest BCUT2D eigenvalue weighted by Gasteiger charge is -2.19. The summed E-state index contributed by atoms with van der Waals surface area (Å²) in [5.41, 5.74) is 0.316. The van der Waals surface area contributed by atoms with Crippen LogP contribution >= 0.6 is 27.5 Å². The van der Waals surface area contributed by atoms with Gasteiger partial charge in [0.15, 0.2) is 0 Å². The van der Waals surface area contributed by atoms with Gasteiger partial charge in [0.05, 0.1) is 16.1 Å². The third kappa shape index (κ3) is 6.58. The molecule has 4 nitrogen and oxygen atoms in total. The summed E-state index contributed by atoms with van der Waals surface area (Å²) in [6.45, 7) is 8.01. The van der Waals surface area contributed by atoms with E-state index < -0.39 is 11.9 Å². The third-order valence-electron chi connectivity index (χ3n) is 4.18. The lowest BCUT2D eigenvalue weighted by Crippen LogP contribution is -2.22. The van der Waals surface area contributed by atoms with Crippen LogP contribution in [0.4, 0.5) is 0 Å². The highest BCUT2D eigenvalue weighted by molar-refractivity contribution is 9.10. The zero-order valence-electron chi connectivity index (χ0n) is 15.9. The topological polar surface area (TPSA) is 52.6 Å². The minimum Gasteiger partial charge on any atom is -0.459 e. The molecule has 1 aromatic carbocycles. The van der Waals surface area contributed by atoms with Crippen molar-refractivity contribution >= 4 is 39.5 Å². The molecule has 0 N–H and O–H groups in total. The van der Waals surface area contributed by atoms with Gasteiger partial charge in [-0.3, -0.25) is 0 Å². The Morgan fingerprint density at radius 3 is 1.73 bits per heavy atom. The van der Waals surface area contributed by atoms with Crippen LogP contribution in [0.25, 0.3) is 0 Å². The van der Waals surface area contributed by atoms with Crippen LogP contribution in [0, 0.1) is 0 Å². The Kier molecular flexibility index (Phi) is 10.3. The van der Waals surface area contributed by atoms with E-state index in [1.165, 1.54) is 12.1 Å². The SMILES string of the molecule is CCCC(CC)OC(=O)c1cc(Cl)c(Br)cc1C(=O)OC(CC)CCC. The highest BCUT2D eigenvalue weighted by Crippen LogP contribution is 2.28. The monoisotopic (exact) mass is 446 g/mol. The molecular formula is C20H28BrClO4. The van der Waals surface area contributed by atoms with Crippen molar-refractivity contribution in [3.05, 3.63) is 32.8 Å². The normalized spacial score (nSPS) is 13.2. The van der Waals surface area contributed by atoms with Gasteiger partial charge >= 0.3 is 11.9 Å². The zero-order chi connectivity index (χ0) is 19.7. The van der Waals surface area contributed by atoms with Gasteiger partial charge in [-0.25, -0.2) is 9.59 Å². The van der Waals surface area contributed by atoms with Gasteiger partial charge in [0.2, 0.25) is 0 Å². The molecule has 0 radical (unpaired) electrons. The maximum absolute atomic E-state index is 12.7. The molecule has 0 saturated heterocycles. The highest BCUT2D eigenvalue weighted by Gasteiger charge is 2.25. The quantitative estimate of drug-likeness (QED) is 0.380. The van der Waals surface area contributed by atoms with Gasteiger partial charge in [-0.05, 0) is 53.7 Å². The Labute approximate surface area is 169 Å². The van der Waals surface area contributed by atoms with E-state index in [0.717, 1.165) is 38.5 Å². The summed E-state index contributed by atoms with van der Waals surface area (Å²) in [5.74, 6) is -1.08. The van der Waals surface area contributed by atoms with Crippen molar-refractivity contribution in [3.8, 4) is 0 Å². The molecule has 0 amide bonds. The van der Waals surface area contributed by atoms with Gasteiger partial charge in [0.25, 0.3) is 0 Å². The Morgan fingerprint density at radius 1 is 0.923 bits per heavy atom. The molecule has 6 heteroatoms. The molecule has 0 aliphatic rings. The molecule has 1 rings (SSSR count). The first-order chi connectivity index (χ1) is 12.4. The predicted molar refractivity (Wildman–Crippen MR) is 108 cm³/mol. The highest BCUT2D eigenvalue weighted by atomic mass is 79.9. The first kappa shape index (κ1) is 23.0. The number of carbonyl (C=O) groups excluding carboxylic acids is 2. The molecule has 1 aromatic rings. The number of benzene rings is 1. The molecule has 0 fully saturated rings. The molecule has 0 aliphatic heterocycles. The largest absolute Gasteiger partial charge is 0.459 e. The molecule has 0 saturated carbocycles. The molecular weight excluding hydrogens is 420 g/mol. The fourth-order valence-electron chi connectivity index (χ4n) is 2.65. The Bertz CT molecular complexity index is 565. The third-order valence-corrected chi connectivity index (χ3v) is 5.38. The van der Waals surface area contributed by atoms with Crippen LogP contribution in [-0.4, -0.2) is 24.1 Å². The Morgan fingerprint density at radius 2 is 1.35 bits per heavy atom. The average molecular weight is 448 g/mol. The number of hydrogen-bond acceptors (Lipinski definition) is 4. The van der Waals surface area contributed by atoms with Crippen LogP contribution in [0.3, 0.4) is 0 Å². The number of hydrogen-bond donors (Lipinski definition) is 0. The van der Waals surface area contributed by atoms with Crippen LogP contribution in [-0.2, 0) is 9.47 Å². The smallest absolute Gasteiger partial charge is 0.339 e. The first-order valence-electron chi connectivity index (χ1n) is 9.28. The van der Waals surface area contributed by atoms with E-state index in [2.05, 4.69) is 15.9 Å². The maximum Gasteiger partial charge on any atom is 0.339 e. The van der Waals surface area contributed by atoms with Crippen LogP contribution in [0.2, 0.25) is 5.02 Å². The molecule has 0 aromatic heterocycles. The fraction of sp³-hybridized carbons (Fsp3) is 0.600. The second-order valence-corrected chi connectivity index (χ2v) is 7.52. The van der Waals surface area contributed by atoms with E-state index in [4.69, 9.17) is 21.1 Å². The van der Waals surface area contributed by atoms with Crippen LogP contribution in [0.5, 0.6) is 0 Å². The number of ether oxygens (including phenoxy) is 2. The zero-order valence-corrected chi connectivity index (χ0v) is 18.3. The second kappa shape index (κ2) is 11.6. The summed E-state index contributed by atoms with van der Waals surface area (Å²) in [7, 11) is 0. The van der Waals surface area contributed by atoms with Crippen molar-refractivity contribution in [1.82, 2.24) is 0 Å². The minimum atomic E-state index is -0.546. The number of rotatable bonds is 10. The molecule has 0 bridgehead atoms. The Hall–Kier alpha value is -1.07. The standard InChI is InChI=1S/C20H28BrClO4/c1-5-9-13(7-3)25-19(23)15-11-17(21)18(22)12-16(15)20(24)26-14(8-4)10-6-2/h11-14H,5-10H2,1-4H3. The average Bonchev–Trinajstić information content (AvgIpc) is 2.62. The Balaban J connectivity index is 3.13. The van der Waals surface area contributed by atoms with E-state index in [-0.39, 0.29) is 23.3 Å². The van der Waals surface area contributed by atoms with Gasteiger partial charge in [0, 0.05) is 4.47 Å². The first-order valence-corrected chi connectivity index (χ1v) is 10.5. The minimum absolute atomic E-state index is 0.143. The van der Waals surface area contributed by atoms with Crippen LogP contribution in [0.15, 0.2) is 16.6 Å². The lowest BCUT2D eigenvalue weighted by molar-refractivity contribution is 0.0223. The van der Waals surface area contributed by atoms with Crippen molar-refractivity contribution in [3.63, 3.8) is 0 Å². The second-order valence-electron chi connectivity index (χ2n) is 6.26. The predicted octanol–water partition coefficient (Wildman–Crippen LogP) is 6.57. The van der Waals surface area contributed by atoms with Crippen molar-refractivity contribution in [1.29, 1.82) is 0 Å². The maximum atomic E-state index is 12.7. The van der Waals surface area contributed by atoms with Gasteiger partial charge in [-0.1, -0.05) is 52.1 Å². The number of esters is 2. The van der Waals surface area contributed by atoms with Crippen molar-refractivity contribution in [2.75, 3.05) is 0 Å². The van der Waals surface area contributed by atoms with E-state index in [1.807, 2.05) is 27.7 Å². The molecule has 0 aliphatic carbocycles. The van der Waals surface area contributed by atoms with Crippen LogP contribution < -0.4 is 0 Å². The van der Waals surface area contributed by atoms with Gasteiger partial charge in [-0.15, -0.1) is 0 Å².